The van der Waals surface area contributed by atoms with Gasteiger partial charge in [0.25, 0.3) is 5.91 Å². The molecule has 0 radical (unpaired) electrons. The number of rotatable bonds is 4. The summed E-state index contributed by atoms with van der Waals surface area (Å²) in [5.74, 6) is -0.184. The number of carbonyl (C=O) groups is 1. The molecular weight excluding hydrogens is 324 g/mol. The van der Waals surface area contributed by atoms with Crippen molar-refractivity contribution < 1.29 is 18.3 Å². The van der Waals surface area contributed by atoms with E-state index in [0.717, 1.165) is 5.13 Å². The van der Waals surface area contributed by atoms with E-state index < -0.39 is 6.61 Å². The van der Waals surface area contributed by atoms with Crippen molar-refractivity contribution >= 4 is 22.4 Å². The second-order valence-corrected chi connectivity index (χ2v) is 5.87. The Balaban J connectivity index is 1.63. The van der Waals surface area contributed by atoms with Crippen LogP contribution in [-0.2, 0) is 0 Å². The lowest BCUT2D eigenvalue weighted by Gasteiger charge is -2.34. The third-order valence-corrected chi connectivity index (χ3v) is 4.40. The first-order valence-corrected chi connectivity index (χ1v) is 8.00. The van der Waals surface area contributed by atoms with Crippen molar-refractivity contribution in [2.24, 2.45) is 0 Å². The van der Waals surface area contributed by atoms with Crippen LogP contribution < -0.4 is 9.64 Å². The van der Waals surface area contributed by atoms with Crippen molar-refractivity contribution in [3.63, 3.8) is 0 Å². The van der Waals surface area contributed by atoms with Crippen LogP contribution >= 0.6 is 11.3 Å². The highest BCUT2D eigenvalue weighted by Crippen LogP contribution is 2.21. The van der Waals surface area contributed by atoms with Crippen LogP contribution in [0.5, 0.6) is 5.75 Å². The number of amides is 1. The Labute approximate surface area is 136 Å². The topological polar surface area (TPSA) is 45.7 Å². The van der Waals surface area contributed by atoms with Crippen LogP contribution in [0.1, 0.15) is 10.4 Å². The second kappa shape index (κ2) is 6.91. The predicted octanol–water partition coefficient (Wildman–Crippen LogP) is 2.71. The normalized spacial score (nSPS) is 15.1. The number of alkyl halides is 2. The van der Waals surface area contributed by atoms with Gasteiger partial charge in [-0.3, -0.25) is 4.79 Å². The minimum absolute atomic E-state index is 0.00716. The molecule has 5 nitrogen and oxygen atoms in total. The molecule has 1 amide bonds. The molecule has 8 heteroatoms. The van der Waals surface area contributed by atoms with Crippen LogP contribution in [0.4, 0.5) is 13.9 Å². The molecule has 0 unspecified atom stereocenters. The van der Waals surface area contributed by atoms with E-state index in [1.165, 1.54) is 18.2 Å². The van der Waals surface area contributed by atoms with Crippen LogP contribution in [0, 0.1) is 0 Å². The van der Waals surface area contributed by atoms with Crippen LogP contribution in [-0.4, -0.2) is 48.6 Å². The third kappa shape index (κ3) is 3.76. The highest BCUT2D eigenvalue weighted by atomic mass is 32.1. The van der Waals surface area contributed by atoms with Gasteiger partial charge in [-0.1, -0.05) is 6.07 Å². The minimum Gasteiger partial charge on any atom is -0.435 e. The predicted molar refractivity (Wildman–Crippen MR) is 83.3 cm³/mol. The highest BCUT2D eigenvalue weighted by Gasteiger charge is 2.23. The number of benzene rings is 1. The second-order valence-electron chi connectivity index (χ2n) is 5.00. The zero-order valence-electron chi connectivity index (χ0n) is 12.2. The molecule has 1 aromatic carbocycles. The first-order chi connectivity index (χ1) is 11.1. The molecule has 2 heterocycles. The van der Waals surface area contributed by atoms with E-state index >= 15 is 0 Å². The van der Waals surface area contributed by atoms with E-state index in [4.69, 9.17) is 0 Å². The minimum atomic E-state index is -2.90. The summed E-state index contributed by atoms with van der Waals surface area (Å²) in [7, 11) is 0. The molecule has 0 aliphatic carbocycles. The van der Waals surface area contributed by atoms with Crippen molar-refractivity contribution in [1.29, 1.82) is 0 Å². The molecule has 0 atom stereocenters. The molecule has 1 aliphatic heterocycles. The fourth-order valence-electron chi connectivity index (χ4n) is 2.46. The smallest absolute Gasteiger partial charge is 0.387 e. The van der Waals surface area contributed by atoms with Crippen molar-refractivity contribution in [2.75, 3.05) is 31.1 Å². The quantitative estimate of drug-likeness (QED) is 0.859. The van der Waals surface area contributed by atoms with Crippen molar-refractivity contribution in [3.05, 3.63) is 41.4 Å². The Kier molecular flexibility index (Phi) is 4.71. The molecule has 2 aromatic rings. The molecule has 1 fully saturated rings. The van der Waals surface area contributed by atoms with Gasteiger partial charge in [-0.2, -0.15) is 8.78 Å². The van der Waals surface area contributed by atoms with Crippen LogP contribution in [0.15, 0.2) is 35.8 Å². The van der Waals surface area contributed by atoms with Crippen LogP contribution in [0.3, 0.4) is 0 Å². The fourth-order valence-corrected chi connectivity index (χ4v) is 3.16. The van der Waals surface area contributed by atoms with Gasteiger partial charge in [0.05, 0.1) is 0 Å². The van der Waals surface area contributed by atoms with Crippen molar-refractivity contribution in [1.82, 2.24) is 9.88 Å². The molecular formula is C15H15F2N3O2S. The molecule has 0 saturated carbocycles. The zero-order chi connectivity index (χ0) is 16.2. The van der Waals surface area contributed by atoms with E-state index in [2.05, 4.69) is 14.6 Å². The van der Waals surface area contributed by atoms with E-state index in [-0.39, 0.29) is 11.7 Å². The molecule has 122 valence electrons. The SMILES string of the molecule is O=C(c1cccc(OC(F)F)c1)N1CCN(c2nccs2)CC1. The Bertz CT molecular complexity index is 659. The van der Waals surface area contributed by atoms with E-state index in [9.17, 15) is 13.6 Å². The molecule has 0 bridgehead atoms. The van der Waals surface area contributed by atoms with Gasteiger partial charge >= 0.3 is 6.61 Å². The monoisotopic (exact) mass is 339 g/mol. The number of hydrogen-bond donors (Lipinski definition) is 0. The Hall–Kier alpha value is -2.22. The number of nitrogens with zero attached hydrogens (tertiary/aromatic N) is 3. The van der Waals surface area contributed by atoms with E-state index in [1.807, 2.05) is 5.38 Å². The number of halogens is 2. The van der Waals surface area contributed by atoms with Crippen LogP contribution in [0.25, 0.3) is 0 Å². The summed E-state index contributed by atoms with van der Waals surface area (Å²) in [4.78, 5) is 20.6. The largest absolute Gasteiger partial charge is 0.435 e. The summed E-state index contributed by atoms with van der Waals surface area (Å²) >= 11 is 1.57. The summed E-state index contributed by atoms with van der Waals surface area (Å²) < 4.78 is 28.9. The molecule has 0 N–H and O–H groups in total. The summed E-state index contributed by atoms with van der Waals surface area (Å²) in [5, 5.41) is 2.87. The summed E-state index contributed by atoms with van der Waals surface area (Å²) in [6.45, 7) is -0.363. The van der Waals surface area contributed by atoms with Crippen molar-refractivity contribution in [3.8, 4) is 5.75 Å². The van der Waals surface area contributed by atoms with Gasteiger partial charge < -0.3 is 14.5 Å². The van der Waals surface area contributed by atoms with Gasteiger partial charge in [0.2, 0.25) is 0 Å². The highest BCUT2D eigenvalue weighted by molar-refractivity contribution is 7.13. The Morgan fingerprint density at radius 3 is 2.70 bits per heavy atom. The number of aromatic nitrogens is 1. The number of thiazole rings is 1. The number of hydrogen-bond acceptors (Lipinski definition) is 5. The number of ether oxygens (including phenoxy) is 1. The van der Waals surface area contributed by atoms with Gasteiger partial charge in [-0.15, -0.1) is 11.3 Å². The lowest BCUT2D eigenvalue weighted by atomic mass is 10.1. The summed E-state index contributed by atoms with van der Waals surface area (Å²) in [6, 6.07) is 5.90. The standard InChI is InChI=1S/C15H15F2N3O2S/c16-14(17)22-12-3-1-2-11(10-12)13(21)19-5-7-20(8-6-19)15-18-4-9-23-15/h1-4,9-10,14H,5-8H2. The number of piperazine rings is 1. The van der Waals surface area contributed by atoms with Gasteiger partial charge in [0.15, 0.2) is 5.13 Å². The lowest BCUT2D eigenvalue weighted by Crippen LogP contribution is -2.48. The van der Waals surface area contributed by atoms with Gasteiger partial charge in [-0.25, -0.2) is 4.98 Å². The maximum absolute atomic E-state index is 12.5. The number of anilines is 1. The van der Waals surface area contributed by atoms with Gasteiger partial charge in [0.1, 0.15) is 5.75 Å². The molecule has 1 aliphatic rings. The average molecular weight is 339 g/mol. The first-order valence-electron chi connectivity index (χ1n) is 7.12. The first kappa shape index (κ1) is 15.7. The Morgan fingerprint density at radius 1 is 1.26 bits per heavy atom. The summed E-state index contributed by atoms with van der Waals surface area (Å²) in [6.07, 6.45) is 1.76. The lowest BCUT2D eigenvalue weighted by molar-refractivity contribution is -0.0499. The molecule has 0 spiro atoms. The summed E-state index contributed by atoms with van der Waals surface area (Å²) in [5.41, 5.74) is 0.353. The van der Waals surface area contributed by atoms with Gasteiger partial charge in [-0.05, 0) is 18.2 Å². The van der Waals surface area contributed by atoms with E-state index in [1.54, 1.807) is 28.5 Å². The van der Waals surface area contributed by atoms with Crippen molar-refractivity contribution in [2.45, 2.75) is 6.61 Å². The maximum atomic E-state index is 12.5. The van der Waals surface area contributed by atoms with Gasteiger partial charge in [0, 0.05) is 43.3 Å². The zero-order valence-corrected chi connectivity index (χ0v) is 13.0. The molecule has 1 aromatic heterocycles. The maximum Gasteiger partial charge on any atom is 0.387 e. The third-order valence-electron chi connectivity index (χ3n) is 3.56. The average Bonchev–Trinajstić information content (AvgIpc) is 3.08. The fraction of sp³-hybridized carbons (Fsp3) is 0.333. The van der Waals surface area contributed by atoms with E-state index in [0.29, 0.717) is 31.7 Å². The molecule has 1 saturated heterocycles. The molecule has 3 rings (SSSR count). The Morgan fingerprint density at radius 2 is 2.04 bits per heavy atom. The number of carbonyl (C=O) groups excluding carboxylic acids is 1. The molecule has 23 heavy (non-hydrogen) atoms. The van der Waals surface area contributed by atoms with Crippen LogP contribution in [0.2, 0.25) is 0 Å².